The van der Waals surface area contributed by atoms with Gasteiger partial charge < -0.3 is 16.0 Å². The molecule has 6 heteroatoms. The maximum atomic E-state index is 14.0. The first-order valence-corrected chi connectivity index (χ1v) is 12.7. The SMILES string of the molecule is O=C(NCc1ccccc1)C12CCCCC1C1(CCCCC1)Nc1cc(Cl)c(Cl)cc1N2. The first kappa shape index (κ1) is 21.9. The van der Waals surface area contributed by atoms with E-state index in [1.54, 1.807) is 0 Å². The average molecular weight is 472 g/mol. The molecule has 4 nitrogen and oxygen atoms in total. The summed E-state index contributed by atoms with van der Waals surface area (Å²) in [5.74, 6) is 0.293. The van der Waals surface area contributed by atoms with Gasteiger partial charge in [0, 0.05) is 18.0 Å². The molecular weight excluding hydrogens is 441 g/mol. The third-order valence-electron chi connectivity index (χ3n) is 7.82. The third kappa shape index (κ3) is 3.86. The van der Waals surface area contributed by atoms with E-state index in [0.717, 1.165) is 55.5 Å². The van der Waals surface area contributed by atoms with Crippen LogP contribution in [-0.4, -0.2) is 17.0 Å². The monoisotopic (exact) mass is 471 g/mol. The summed E-state index contributed by atoms with van der Waals surface area (Å²) in [6.45, 7) is 0.532. The highest BCUT2D eigenvalue weighted by Crippen LogP contribution is 2.53. The van der Waals surface area contributed by atoms with E-state index in [1.165, 1.54) is 19.3 Å². The Kier molecular flexibility index (Phi) is 6.02. The summed E-state index contributed by atoms with van der Waals surface area (Å²) in [6, 6.07) is 13.9. The molecule has 1 heterocycles. The molecule has 1 amide bonds. The lowest BCUT2D eigenvalue weighted by Gasteiger charge is -2.53. The van der Waals surface area contributed by atoms with E-state index in [-0.39, 0.29) is 17.4 Å². The number of hydrogen-bond donors (Lipinski definition) is 3. The predicted molar refractivity (Wildman–Crippen MR) is 133 cm³/mol. The van der Waals surface area contributed by atoms with Gasteiger partial charge in [0.1, 0.15) is 5.54 Å². The second kappa shape index (κ2) is 8.79. The molecule has 2 fully saturated rings. The minimum Gasteiger partial charge on any atom is -0.378 e. The van der Waals surface area contributed by atoms with Crippen molar-refractivity contribution in [3.8, 4) is 0 Å². The lowest BCUT2D eigenvalue weighted by atomic mass is 9.59. The van der Waals surface area contributed by atoms with Crippen molar-refractivity contribution >= 4 is 40.5 Å². The molecule has 32 heavy (non-hydrogen) atoms. The molecule has 2 saturated carbocycles. The van der Waals surface area contributed by atoms with Crippen LogP contribution in [0, 0.1) is 5.92 Å². The molecule has 0 aromatic heterocycles. The molecule has 0 bridgehead atoms. The molecule has 2 aromatic rings. The molecule has 3 aliphatic rings. The first-order chi connectivity index (χ1) is 15.5. The van der Waals surface area contributed by atoms with Crippen LogP contribution in [0.1, 0.15) is 63.4 Å². The van der Waals surface area contributed by atoms with Crippen LogP contribution in [0.15, 0.2) is 42.5 Å². The molecule has 2 unspecified atom stereocenters. The number of fused-ring (bicyclic) bond motifs is 3. The van der Waals surface area contributed by atoms with Gasteiger partial charge in [-0.15, -0.1) is 0 Å². The molecule has 1 spiro atoms. The van der Waals surface area contributed by atoms with Crippen molar-refractivity contribution in [2.24, 2.45) is 5.92 Å². The Bertz CT molecular complexity index is 990. The van der Waals surface area contributed by atoms with Gasteiger partial charge in [0.05, 0.1) is 21.4 Å². The maximum absolute atomic E-state index is 14.0. The van der Waals surface area contributed by atoms with E-state index in [2.05, 4.69) is 28.1 Å². The normalized spacial score (nSPS) is 26.1. The van der Waals surface area contributed by atoms with Crippen molar-refractivity contribution in [2.45, 2.75) is 75.4 Å². The largest absolute Gasteiger partial charge is 0.378 e. The molecule has 5 rings (SSSR count). The minimum absolute atomic E-state index is 0.0942. The minimum atomic E-state index is -0.667. The second-order valence-electron chi connectivity index (χ2n) is 9.72. The van der Waals surface area contributed by atoms with Crippen molar-refractivity contribution in [1.82, 2.24) is 5.32 Å². The topological polar surface area (TPSA) is 53.2 Å². The molecule has 0 saturated heterocycles. The quantitative estimate of drug-likeness (QED) is 0.462. The number of anilines is 2. The fraction of sp³-hybridized carbons (Fsp3) is 0.500. The van der Waals surface area contributed by atoms with Gasteiger partial charge >= 0.3 is 0 Å². The van der Waals surface area contributed by atoms with Gasteiger partial charge in [-0.3, -0.25) is 4.79 Å². The highest BCUT2D eigenvalue weighted by Gasteiger charge is 2.57. The summed E-state index contributed by atoms with van der Waals surface area (Å²) in [6.07, 6.45) is 9.82. The predicted octanol–water partition coefficient (Wildman–Crippen LogP) is 6.78. The van der Waals surface area contributed by atoms with Crippen molar-refractivity contribution < 1.29 is 4.79 Å². The van der Waals surface area contributed by atoms with Gasteiger partial charge in [0.2, 0.25) is 5.91 Å². The van der Waals surface area contributed by atoms with Crippen LogP contribution < -0.4 is 16.0 Å². The summed E-state index contributed by atoms with van der Waals surface area (Å²) in [4.78, 5) is 14.0. The fourth-order valence-corrected chi connectivity index (χ4v) is 6.67. The molecule has 1 aliphatic heterocycles. The Morgan fingerprint density at radius 1 is 0.906 bits per heavy atom. The molecule has 0 radical (unpaired) electrons. The van der Waals surface area contributed by atoms with Crippen molar-refractivity contribution in [2.75, 3.05) is 10.6 Å². The molecule has 2 aromatic carbocycles. The number of halogens is 2. The fourth-order valence-electron chi connectivity index (χ4n) is 6.34. The van der Waals surface area contributed by atoms with Gasteiger partial charge in [-0.25, -0.2) is 0 Å². The summed E-state index contributed by atoms with van der Waals surface area (Å²) < 4.78 is 0. The Balaban J connectivity index is 1.57. The van der Waals surface area contributed by atoms with E-state index in [0.29, 0.717) is 16.6 Å². The summed E-state index contributed by atoms with van der Waals surface area (Å²) in [5.41, 5.74) is 2.17. The van der Waals surface area contributed by atoms with Crippen molar-refractivity contribution in [3.05, 3.63) is 58.1 Å². The lowest BCUT2D eigenvalue weighted by molar-refractivity contribution is -0.130. The van der Waals surface area contributed by atoms with Crippen LogP contribution in [0.3, 0.4) is 0 Å². The molecule has 2 atom stereocenters. The van der Waals surface area contributed by atoms with Crippen LogP contribution in [-0.2, 0) is 11.3 Å². The van der Waals surface area contributed by atoms with Crippen LogP contribution in [0.2, 0.25) is 10.0 Å². The van der Waals surface area contributed by atoms with Gasteiger partial charge in [0.15, 0.2) is 0 Å². The molecular formula is C26H31Cl2N3O. The van der Waals surface area contributed by atoms with Gasteiger partial charge in [-0.2, -0.15) is 0 Å². The number of rotatable bonds is 3. The zero-order chi connectivity index (χ0) is 22.2. The number of nitrogens with one attached hydrogen (secondary N) is 3. The Hall–Kier alpha value is -1.91. The smallest absolute Gasteiger partial charge is 0.246 e. The lowest BCUT2D eigenvalue weighted by Crippen LogP contribution is -2.65. The van der Waals surface area contributed by atoms with Crippen LogP contribution in [0.5, 0.6) is 0 Å². The Morgan fingerprint density at radius 2 is 1.56 bits per heavy atom. The second-order valence-corrected chi connectivity index (χ2v) is 10.5. The van der Waals surface area contributed by atoms with Crippen LogP contribution in [0.4, 0.5) is 11.4 Å². The third-order valence-corrected chi connectivity index (χ3v) is 8.55. The van der Waals surface area contributed by atoms with Crippen LogP contribution >= 0.6 is 23.2 Å². The molecule has 170 valence electrons. The van der Waals surface area contributed by atoms with Crippen molar-refractivity contribution in [3.63, 3.8) is 0 Å². The number of benzene rings is 2. The number of amides is 1. The maximum Gasteiger partial charge on any atom is 0.246 e. The van der Waals surface area contributed by atoms with Gasteiger partial charge in [0.25, 0.3) is 0 Å². The molecule has 3 N–H and O–H groups in total. The van der Waals surface area contributed by atoms with E-state index in [4.69, 9.17) is 23.2 Å². The zero-order valence-corrected chi connectivity index (χ0v) is 19.9. The number of carbonyl (C=O) groups excluding carboxylic acids is 1. The Morgan fingerprint density at radius 3 is 2.28 bits per heavy atom. The van der Waals surface area contributed by atoms with E-state index >= 15 is 0 Å². The highest BCUT2D eigenvalue weighted by atomic mass is 35.5. The van der Waals surface area contributed by atoms with E-state index < -0.39 is 5.54 Å². The van der Waals surface area contributed by atoms with Gasteiger partial charge in [-0.05, 0) is 43.4 Å². The van der Waals surface area contributed by atoms with Gasteiger partial charge in [-0.1, -0.05) is 85.6 Å². The van der Waals surface area contributed by atoms with Crippen molar-refractivity contribution in [1.29, 1.82) is 0 Å². The summed E-state index contributed by atoms with van der Waals surface area (Å²) in [5, 5.41) is 12.0. The molecule has 2 aliphatic carbocycles. The standard InChI is InChI=1S/C26H31Cl2N3O/c27-19-15-21-22(16-20(19)28)31-26(24(32)29-17-18-9-3-1-4-10-18)14-8-5-11-23(26)25(30-21)12-6-2-7-13-25/h1,3-4,9-10,15-16,23,30-31H,2,5-8,11-14,17H2,(H,29,32). The number of hydrogen-bond acceptors (Lipinski definition) is 3. The van der Waals surface area contributed by atoms with E-state index in [9.17, 15) is 4.79 Å². The average Bonchev–Trinajstić information content (AvgIpc) is 2.92. The zero-order valence-electron chi connectivity index (χ0n) is 18.4. The highest BCUT2D eigenvalue weighted by molar-refractivity contribution is 6.42. The summed E-state index contributed by atoms with van der Waals surface area (Å²) in [7, 11) is 0. The summed E-state index contributed by atoms with van der Waals surface area (Å²) >= 11 is 12.8. The van der Waals surface area contributed by atoms with Crippen LogP contribution in [0.25, 0.3) is 0 Å². The number of carbonyl (C=O) groups is 1. The van der Waals surface area contributed by atoms with E-state index in [1.807, 2.05) is 30.3 Å². The Labute approximate surface area is 200 Å². The first-order valence-electron chi connectivity index (χ1n) is 11.9.